The molecule has 1 aliphatic rings. The van der Waals surface area contributed by atoms with Crippen LogP contribution in [-0.4, -0.2) is 98.2 Å². The lowest BCUT2D eigenvalue weighted by Gasteiger charge is -2.28. The van der Waals surface area contributed by atoms with E-state index in [1.54, 1.807) is 12.2 Å². The molecule has 6 atom stereocenters. The van der Waals surface area contributed by atoms with Crippen LogP contribution >= 0.6 is 7.82 Å². The number of hydrogen-bond acceptors (Lipinski definition) is 11. The summed E-state index contributed by atoms with van der Waals surface area (Å²) in [6, 6.07) is 0. The molecule has 0 radical (unpaired) electrons. The Balaban J connectivity index is 2.43. The van der Waals surface area contributed by atoms with Crippen molar-refractivity contribution in [2.24, 2.45) is 11.8 Å². The molecule has 1 fully saturated rings. The first kappa shape index (κ1) is 39.4. The standard InChI is InChI=1S/C30H54NO11P/c1-6-7-10-13-24(33)16-17-27-26(28(34)20-29(27)35)14-11-8-9-12-15-30(36)42-25(21-39-23(2)32)22-41-43(37,38)40-19-18-31(3,4)5/h16-17,24-28,33-34H,6-15,18-22H2,1-5H3/b17-16+/t24-,25+,26+,27+,28-/m0/s1. The first-order chi connectivity index (χ1) is 20.1. The second kappa shape index (κ2) is 20.4. The quantitative estimate of drug-likeness (QED) is 0.0556. The molecular formula is C30H54NO11P. The highest BCUT2D eigenvalue weighted by Gasteiger charge is 2.39. The molecule has 2 N–H and O–H groups in total. The Labute approximate surface area is 256 Å². The molecule has 12 nitrogen and oxygen atoms in total. The summed E-state index contributed by atoms with van der Waals surface area (Å²) in [6.07, 6.45) is 8.39. The van der Waals surface area contributed by atoms with E-state index in [2.05, 4.69) is 6.92 Å². The average molecular weight is 636 g/mol. The SMILES string of the molecule is CCCCC[C@H](O)/C=C/[C@H]1C(=O)C[C@H](O)[C@@H]1CCCCCCC(=O)O[C@H](COC(C)=O)COP(=O)([O-])OCC[N+](C)(C)C. The van der Waals surface area contributed by atoms with Crippen LogP contribution in [0.25, 0.3) is 0 Å². The fourth-order valence-corrected chi connectivity index (χ4v) is 5.48. The molecule has 0 aromatic carbocycles. The molecule has 0 amide bonds. The van der Waals surface area contributed by atoms with Crippen molar-refractivity contribution in [2.75, 3.05) is 47.5 Å². The number of esters is 2. The normalized spacial score (nSPS) is 22.0. The molecule has 0 spiro atoms. The summed E-state index contributed by atoms with van der Waals surface area (Å²) in [5.41, 5.74) is 0. The number of carbonyl (C=O) groups excluding carboxylic acids is 3. The molecule has 1 saturated carbocycles. The molecule has 0 bridgehead atoms. The number of allylic oxidation sites excluding steroid dienone is 1. The van der Waals surface area contributed by atoms with Gasteiger partial charge in [-0.2, -0.15) is 0 Å². The summed E-state index contributed by atoms with van der Waals surface area (Å²) >= 11 is 0. The van der Waals surface area contributed by atoms with Gasteiger partial charge in [-0.1, -0.05) is 57.6 Å². The number of carbonyl (C=O) groups is 3. The van der Waals surface area contributed by atoms with E-state index < -0.39 is 50.6 Å². The summed E-state index contributed by atoms with van der Waals surface area (Å²) in [7, 11) is 1.01. The smallest absolute Gasteiger partial charge is 0.306 e. The van der Waals surface area contributed by atoms with Crippen molar-refractivity contribution in [1.82, 2.24) is 0 Å². The topological polar surface area (TPSA) is 169 Å². The summed E-state index contributed by atoms with van der Waals surface area (Å²) in [4.78, 5) is 48.1. The number of hydrogen-bond donors (Lipinski definition) is 2. The molecule has 1 aliphatic carbocycles. The third-order valence-corrected chi connectivity index (χ3v) is 8.21. The summed E-state index contributed by atoms with van der Waals surface area (Å²) in [5, 5.41) is 20.6. The molecule has 0 aromatic heterocycles. The van der Waals surface area contributed by atoms with E-state index in [9.17, 15) is 34.1 Å². The van der Waals surface area contributed by atoms with Crippen LogP contribution in [0.3, 0.4) is 0 Å². The fraction of sp³-hybridized carbons (Fsp3) is 0.833. The third-order valence-electron chi connectivity index (χ3n) is 7.25. The monoisotopic (exact) mass is 635 g/mol. The van der Waals surface area contributed by atoms with E-state index in [0.717, 1.165) is 32.1 Å². The van der Waals surface area contributed by atoms with Crippen molar-refractivity contribution < 1.29 is 57.1 Å². The largest absolute Gasteiger partial charge is 0.756 e. The van der Waals surface area contributed by atoms with Crippen molar-refractivity contribution in [3.8, 4) is 0 Å². The zero-order chi connectivity index (χ0) is 32.5. The van der Waals surface area contributed by atoms with E-state index >= 15 is 0 Å². The number of phosphoric ester groups is 1. The van der Waals surface area contributed by atoms with E-state index in [0.29, 0.717) is 36.7 Å². The second-order valence-electron chi connectivity index (χ2n) is 12.3. The van der Waals surface area contributed by atoms with Crippen LogP contribution in [0.2, 0.25) is 0 Å². The minimum atomic E-state index is -4.64. The molecule has 43 heavy (non-hydrogen) atoms. The summed E-state index contributed by atoms with van der Waals surface area (Å²) < 4.78 is 32.5. The number of nitrogens with zero attached hydrogens (tertiary/aromatic N) is 1. The zero-order valence-corrected chi connectivity index (χ0v) is 27.5. The molecule has 1 unspecified atom stereocenters. The van der Waals surface area contributed by atoms with Crippen molar-refractivity contribution in [2.45, 2.75) is 103 Å². The van der Waals surface area contributed by atoms with Gasteiger partial charge in [0, 0.05) is 25.7 Å². The number of ketones is 1. The van der Waals surface area contributed by atoms with Gasteiger partial charge < -0.3 is 38.1 Å². The Morgan fingerprint density at radius 2 is 1.79 bits per heavy atom. The van der Waals surface area contributed by atoms with Gasteiger partial charge in [0.15, 0.2) is 6.10 Å². The van der Waals surface area contributed by atoms with Crippen LogP contribution in [0.15, 0.2) is 12.2 Å². The predicted octanol–water partition coefficient (Wildman–Crippen LogP) is 3.07. The van der Waals surface area contributed by atoms with Crippen LogP contribution in [0.4, 0.5) is 0 Å². The van der Waals surface area contributed by atoms with E-state index in [1.165, 1.54) is 6.92 Å². The van der Waals surface area contributed by atoms with Gasteiger partial charge in [0.25, 0.3) is 7.82 Å². The molecule has 1 rings (SSSR count). The molecule has 0 saturated heterocycles. The first-order valence-electron chi connectivity index (χ1n) is 15.4. The van der Waals surface area contributed by atoms with Crippen LogP contribution in [0, 0.1) is 11.8 Å². The van der Waals surface area contributed by atoms with E-state index in [-0.39, 0.29) is 37.8 Å². The Hall–Kier alpha value is -1.66. The van der Waals surface area contributed by atoms with Gasteiger partial charge in [-0.15, -0.1) is 0 Å². The van der Waals surface area contributed by atoms with Gasteiger partial charge in [0.2, 0.25) is 0 Å². The highest BCUT2D eigenvalue weighted by atomic mass is 31.2. The third kappa shape index (κ3) is 18.7. The Kier molecular flexibility index (Phi) is 18.7. The number of aliphatic hydroxyl groups is 2. The number of ether oxygens (including phenoxy) is 2. The number of Topliss-reactive ketones (excluding diaryl/α,β-unsaturated/α-hetero) is 1. The number of phosphoric acid groups is 1. The molecule has 0 aliphatic heterocycles. The first-order valence-corrected chi connectivity index (χ1v) is 16.9. The molecule has 0 aromatic rings. The van der Waals surface area contributed by atoms with Gasteiger partial charge in [0.05, 0.1) is 40.0 Å². The van der Waals surface area contributed by atoms with Crippen molar-refractivity contribution in [3.05, 3.63) is 12.2 Å². The van der Waals surface area contributed by atoms with Crippen molar-refractivity contribution in [3.63, 3.8) is 0 Å². The second-order valence-corrected chi connectivity index (χ2v) is 13.7. The molecular weight excluding hydrogens is 581 g/mol. The van der Waals surface area contributed by atoms with Crippen LogP contribution < -0.4 is 4.89 Å². The van der Waals surface area contributed by atoms with Gasteiger partial charge in [-0.25, -0.2) is 0 Å². The van der Waals surface area contributed by atoms with Crippen LogP contribution in [0.5, 0.6) is 0 Å². The lowest BCUT2D eigenvalue weighted by atomic mass is 9.88. The fourth-order valence-electron chi connectivity index (χ4n) is 4.75. The van der Waals surface area contributed by atoms with Crippen molar-refractivity contribution in [1.29, 1.82) is 0 Å². The predicted molar refractivity (Wildman–Crippen MR) is 159 cm³/mol. The number of rotatable bonds is 23. The molecule has 250 valence electrons. The number of quaternary nitrogens is 1. The number of likely N-dealkylation sites (N-methyl/N-ethyl adjacent to an activating group) is 1. The Morgan fingerprint density at radius 1 is 1.09 bits per heavy atom. The minimum absolute atomic E-state index is 0.00593. The average Bonchev–Trinajstić information content (AvgIpc) is 3.17. The Morgan fingerprint density at radius 3 is 2.44 bits per heavy atom. The molecule has 0 heterocycles. The van der Waals surface area contributed by atoms with Crippen molar-refractivity contribution >= 4 is 25.5 Å². The lowest BCUT2D eigenvalue weighted by Crippen LogP contribution is -2.37. The van der Waals surface area contributed by atoms with Gasteiger partial charge in [-0.05, 0) is 25.2 Å². The van der Waals surface area contributed by atoms with Gasteiger partial charge in [0.1, 0.15) is 25.5 Å². The van der Waals surface area contributed by atoms with Gasteiger partial charge >= 0.3 is 11.9 Å². The summed E-state index contributed by atoms with van der Waals surface area (Å²) in [6.45, 7) is 2.74. The highest BCUT2D eigenvalue weighted by Crippen LogP contribution is 2.38. The van der Waals surface area contributed by atoms with E-state index in [4.69, 9.17) is 18.5 Å². The lowest BCUT2D eigenvalue weighted by molar-refractivity contribution is -0.870. The molecule has 13 heteroatoms. The number of unbranched alkanes of at least 4 members (excludes halogenated alkanes) is 5. The number of aliphatic hydroxyl groups excluding tert-OH is 2. The Bertz CT molecular complexity index is 920. The summed E-state index contributed by atoms with van der Waals surface area (Å²) in [5.74, 6) is -1.78. The minimum Gasteiger partial charge on any atom is -0.756 e. The maximum Gasteiger partial charge on any atom is 0.306 e. The zero-order valence-electron chi connectivity index (χ0n) is 26.6. The van der Waals surface area contributed by atoms with Gasteiger partial charge in [-0.3, -0.25) is 18.9 Å². The van der Waals surface area contributed by atoms with E-state index in [1.807, 2.05) is 21.1 Å². The highest BCUT2D eigenvalue weighted by molar-refractivity contribution is 7.45. The van der Waals surface area contributed by atoms with Crippen LogP contribution in [0.1, 0.15) is 84.5 Å². The van der Waals surface area contributed by atoms with Crippen LogP contribution in [-0.2, 0) is 37.5 Å². The maximum atomic E-state index is 12.4. The maximum absolute atomic E-state index is 12.4.